The molecule has 2 nitrogen and oxygen atoms in total. The van der Waals surface area contributed by atoms with E-state index in [1.807, 2.05) is 26.8 Å². The van der Waals surface area contributed by atoms with E-state index >= 15 is 0 Å². The highest BCUT2D eigenvalue weighted by Gasteiger charge is 2.14. The SMILES string of the molecule is Cc1cc(C)c(-c2cc(C(=O)O)ccc2C)c(F)c1. The molecule has 0 atom stereocenters. The van der Waals surface area contributed by atoms with Crippen LogP contribution in [0.4, 0.5) is 4.39 Å². The standard InChI is InChI=1S/C16H15FO2/c1-9-6-11(3)15(14(17)7-9)13-8-12(16(18)19)5-4-10(13)2/h4-8H,1-3H3,(H,18,19). The van der Waals surface area contributed by atoms with E-state index in [4.69, 9.17) is 5.11 Å². The van der Waals surface area contributed by atoms with E-state index in [1.165, 1.54) is 18.2 Å². The lowest BCUT2D eigenvalue weighted by atomic mass is 9.93. The Kier molecular flexibility index (Phi) is 3.38. The van der Waals surface area contributed by atoms with Gasteiger partial charge in [-0.3, -0.25) is 0 Å². The summed E-state index contributed by atoms with van der Waals surface area (Å²) in [7, 11) is 0. The first-order valence-electron chi connectivity index (χ1n) is 6.01. The molecule has 0 spiro atoms. The Hall–Kier alpha value is -2.16. The fourth-order valence-electron chi connectivity index (χ4n) is 2.28. The molecular formula is C16H15FO2. The quantitative estimate of drug-likeness (QED) is 0.879. The molecule has 0 radical (unpaired) electrons. The van der Waals surface area contributed by atoms with Crippen LogP contribution in [0, 0.1) is 26.6 Å². The van der Waals surface area contributed by atoms with Crippen LogP contribution in [0.3, 0.4) is 0 Å². The highest BCUT2D eigenvalue weighted by atomic mass is 19.1. The van der Waals surface area contributed by atoms with Crippen molar-refractivity contribution in [3.05, 3.63) is 58.4 Å². The van der Waals surface area contributed by atoms with Crippen LogP contribution < -0.4 is 0 Å². The van der Waals surface area contributed by atoms with Gasteiger partial charge in [0.25, 0.3) is 0 Å². The molecule has 98 valence electrons. The minimum Gasteiger partial charge on any atom is -0.478 e. The van der Waals surface area contributed by atoms with Gasteiger partial charge in [-0.25, -0.2) is 9.18 Å². The molecule has 0 saturated carbocycles. The van der Waals surface area contributed by atoms with Crippen molar-refractivity contribution in [2.45, 2.75) is 20.8 Å². The largest absolute Gasteiger partial charge is 0.478 e. The summed E-state index contributed by atoms with van der Waals surface area (Å²) in [5, 5.41) is 9.04. The lowest BCUT2D eigenvalue weighted by Crippen LogP contribution is -1.99. The van der Waals surface area contributed by atoms with Crippen molar-refractivity contribution in [2.24, 2.45) is 0 Å². The Morgan fingerprint density at radius 1 is 1.05 bits per heavy atom. The predicted octanol–water partition coefficient (Wildman–Crippen LogP) is 4.12. The van der Waals surface area contributed by atoms with Crippen molar-refractivity contribution >= 4 is 5.97 Å². The van der Waals surface area contributed by atoms with Crippen LogP contribution in [-0.4, -0.2) is 11.1 Å². The zero-order chi connectivity index (χ0) is 14.2. The number of aromatic carboxylic acids is 1. The number of carboxylic acid groups (broad SMARTS) is 1. The third-order valence-electron chi connectivity index (χ3n) is 3.19. The van der Waals surface area contributed by atoms with Crippen LogP contribution in [0.25, 0.3) is 11.1 Å². The second-order valence-electron chi connectivity index (χ2n) is 4.77. The summed E-state index contributed by atoms with van der Waals surface area (Å²) >= 11 is 0. The molecule has 19 heavy (non-hydrogen) atoms. The number of hydrogen-bond donors (Lipinski definition) is 1. The van der Waals surface area contributed by atoms with Crippen LogP contribution in [0.5, 0.6) is 0 Å². The monoisotopic (exact) mass is 258 g/mol. The second kappa shape index (κ2) is 4.84. The zero-order valence-corrected chi connectivity index (χ0v) is 11.1. The summed E-state index contributed by atoms with van der Waals surface area (Å²) in [5.74, 6) is -1.32. The first-order chi connectivity index (χ1) is 8.90. The molecule has 0 amide bonds. The number of halogens is 1. The number of rotatable bonds is 2. The fraction of sp³-hybridized carbons (Fsp3) is 0.188. The molecule has 0 saturated heterocycles. The maximum Gasteiger partial charge on any atom is 0.335 e. The van der Waals surface area contributed by atoms with Crippen LogP contribution in [0.15, 0.2) is 30.3 Å². The molecule has 1 N–H and O–H groups in total. The number of benzene rings is 2. The van der Waals surface area contributed by atoms with E-state index in [-0.39, 0.29) is 11.4 Å². The van der Waals surface area contributed by atoms with Crippen molar-refractivity contribution in [1.29, 1.82) is 0 Å². The molecule has 0 aliphatic heterocycles. The lowest BCUT2D eigenvalue weighted by Gasteiger charge is -2.12. The third kappa shape index (κ3) is 2.50. The van der Waals surface area contributed by atoms with Gasteiger partial charge in [0.15, 0.2) is 0 Å². The van der Waals surface area contributed by atoms with E-state index in [2.05, 4.69) is 0 Å². The summed E-state index contributed by atoms with van der Waals surface area (Å²) in [6.45, 7) is 5.51. The van der Waals surface area contributed by atoms with Gasteiger partial charge < -0.3 is 5.11 Å². The van der Waals surface area contributed by atoms with Gasteiger partial charge >= 0.3 is 5.97 Å². The van der Waals surface area contributed by atoms with Gasteiger partial charge in [-0.2, -0.15) is 0 Å². The van der Waals surface area contributed by atoms with Gasteiger partial charge in [-0.05, 0) is 61.2 Å². The van der Waals surface area contributed by atoms with Crippen molar-refractivity contribution in [3.63, 3.8) is 0 Å². The molecule has 0 fully saturated rings. The maximum atomic E-state index is 14.2. The van der Waals surface area contributed by atoms with Gasteiger partial charge in [-0.15, -0.1) is 0 Å². The van der Waals surface area contributed by atoms with Crippen molar-refractivity contribution in [1.82, 2.24) is 0 Å². The summed E-state index contributed by atoms with van der Waals surface area (Å²) in [6, 6.07) is 8.12. The van der Waals surface area contributed by atoms with Crippen molar-refractivity contribution in [2.75, 3.05) is 0 Å². The van der Waals surface area contributed by atoms with Crippen LogP contribution in [0.2, 0.25) is 0 Å². The summed E-state index contributed by atoms with van der Waals surface area (Å²) < 4.78 is 14.2. The number of hydrogen-bond acceptors (Lipinski definition) is 1. The van der Waals surface area contributed by atoms with Crippen molar-refractivity contribution < 1.29 is 14.3 Å². The van der Waals surface area contributed by atoms with E-state index in [0.29, 0.717) is 11.1 Å². The Morgan fingerprint density at radius 3 is 2.32 bits per heavy atom. The lowest BCUT2D eigenvalue weighted by molar-refractivity contribution is 0.0697. The van der Waals surface area contributed by atoms with E-state index in [1.54, 1.807) is 6.07 Å². The molecule has 2 aromatic carbocycles. The first kappa shape index (κ1) is 13.3. The predicted molar refractivity (Wildman–Crippen MR) is 73.0 cm³/mol. The normalized spacial score (nSPS) is 10.5. The van der Waals surface area contributed by atoms with Crippen LogP contribution in [0.1, 0.15) is 27.0 Å². The Balaban J connectivity index is 2.71. The maximum absolute atomic E-state index is 14.2. The summed E-state index contributed by atoms with van der Waals surface area (Å²) in [6.07, 6.45) is 0. The van der Waals surface area contributed by atoms with Gasteiger partial charge in [0.2, 0.25) is 0 Å². The summed E-state index contributed by atoms with van der Waals surface area (Å²) in [5.41, 5.74) is 3.80. The third-order valence-corrected chi connectivity index (χ3v) is 3.19. The molecule has 0 heterocycles. The minimum atomic E-state index is -1.01. The van der Waals surface area contributed by atoms with Crippen molar-refractivity contribution in [3.8, 4) is 11.1 Å². The minimum absolute atomic E-state index is 0.167. The average molecular weight is 258 g/mol. The van der Waals surface area contributed by atoms with Crippen LogP contribution in [-0.2, 0) is 0 Å². The Labute approximate surface area is 111 Å². The molecule has 0 bridgehead atoms. The van der Waals surface area contributed by atoms with Gasteiger partial charge in [0.05, 0.1) is 5.56 Å². The number of carbonyl (C=O) groups is 1. The zero-order valence-electron chi connectivity index (χ0n) is 11.1. The number of carboxylic acids is 1. The smallest absolute Gasteiger partial charge is 0.335 e. The van der Waals surface area contributed by atoms with E-state index in [9.17, 15) is 9.18 Å². The topological polar surface area (TPSA) is 37.3 Å². The first-order valence-corrected chi connectivity index (χ1v) is 6.01. The molecule has 2 rings (SSSR count). The fourth-order valence-corrected chi connectivity index (χ4v) is 2.28. The molecule has 3 heteroatoms. The van der Waals surface area contributed by atoms with Gasteiger partial charge in [0.1, 0.15) is 5.82 Å². The van der Waals surface area contributed by atoms with E-state index in [0.717, 1.165) is 16.7 Å². The molecule has 0 aliphatic rings. The molecule has 2 aromatic rings. The number of aryl methyl sites for hydroxylation is 3. The Bertz CT molecular complexity index is 637. The molecule has 0 aromatic heterocycles. The Morgan fingerprint density at radius 2 is 1.74 bits per heavy atom. The van der Waals surface area contributed by atoms with Crippen LogP contribution >= 0.6 is 0 Å². The molecular weight excluding hydrogens is 243 g/mol. The molecule has 0 aliphatic carbocycles. The average Bonchev–Trinajstić information content (AvgIpc) is 2.29. The van der Waals surface area contributed by atoms with Gasteiger partial charge in [0, 0.05) is 5.56 Å². The summed E-state index contributed by atoms with van der Waals surface area (Å²) in [4.78, 5) is 11.0. The second-order valence-corrected chi connectivity index (χ2v) is 4.77. The molecule has 0 unspecified atom stereocenters. The van der Waals surface area contributed by atoms with E-state index < -0.39 is 5.97 Å². The van der Waals surface area contributed by atoms with Gasteiger partial charge in [-0.1, -0.05) is 12.1 Å². The highest BCUT2D eigenvalue weighted by Crippen LogP contribution is 2.31. The highest BCUT2D eigenvalue weighted by molar-refractivity contribution is 5.90.